The van der Waals surface area contributed by atoms with Crippen molar-refractivity contribution in [3.63, 3.8) is 0 Å². The van der Waals surface area contributed by atoms with Gasteiger partial charge in [-0.3, -0.25) is 0 Å². The summed E-state index contributed by atoms with van der Waals surface area (Å²) in [6.45, 7) is 8.19. The molecule has 2 nitrogen and oxygen atoms in total. The summed E-state index contributed by atoms with van der Waals surface area (Å²) in [5.41, 5.74) is 2.38. The van der Waals surface area contributed by atoms with Crippen LogP contribution in [0.25, 0.3) is 0 Å². The van der Waals surface area contributed by atoms with Gasteiger partial charge in [-0.1, -0.05) is 30.7 Å². The average Bonchev–Trinajstić information content (AvgIpc) is 2.28. The van der Waals surface area contributed by atoms with Crippen molar-refractivity contribution >= 4 is 11.6 Å². The standard InChI is InChI=1S/C13H21ClN2/c1-3-6-15-7-8-16-10-12-5-4-11(2)13(14)9-12/h4-5,9,15-16H,3,6-8,10H2,1-2H3. The van der Waals surface area contributed by atoms with Crippen molar-refractivity contribution in [1.82, 2.24) is 10.6 Å². The Kier molecular flexibility index (Phi) is 6.46. The van der Waals surface area contributed by atoms with Crippen LogP contribution in [-0.2, 0) is 6.54 Å². The SMILES string of the molecule is CCCNCCNCc1ccc(C)c(Cl)c1. The first-order valence-corrected chi connectivity index (χ1v) is 6.28. The van der Waals surface area contributed by atoms with E-state index >= 15 is 0 Å². The van der Waals surface area contributed by atoms with Crippen LogP contribution >= 0.6 is 11.6 Å². The molecular weight excluding hydrogens is 220 g/mol. The minimum Gasteiger partial charge on any atom is -0.315 e. The summed E-state index contributed by atoms with van der Waals surface area (Å²) in [6, 6.07) is 6.21. The van der Waals surface area contributed by atoms with Crippen LogP contribution in [0.15, 0.2) is 18.2 Å². The fraction of sp³-hybridized carbons (Fsp3) is 0.538. The molecule has 1 aromatic rings. The summed E-state index contributed by atoms with van der Waals surface area (Å²) in [7, 11) is 0. The van der Waals surface area contributed by atoms with Gasteiger partial charge >= 0.3 is 0 Å². The Balaban J connectivity index is 2.19. The maximum atomic E-state index is 6.06. The van der Waals surface area contributed by atoms with E-state index in [-0.39, 0.29) is 0 Å². The maximum absolute atomic E-state index is 6.06. The molecule has 0 atom stereocenters. The van der Waals surface area contributed by atoms with Crippen molar-refractivity contribution in [2.75, 3.05) is 19.6 Å². The zero-order valence-corrected chi connectivity index (χ0v) is 10.9. The molecule has 0 aliphatic rings. The smallest absolute Gasteiger partial charge is 0.0438 e. The zero-order chi connectivity index (χ0) is 11.8. The Morgan fingerprint density at radius 2 is 1.88 bits per heavy atom. The van der Waals surface area contributed by atoms with E-state index in [1.165, 1.54) is 12.0 Å². The second-order valence-electron chi connectivity index (χ2n) is 4.01. The molecule has 0 aliphatic heterocycles. The van der Waals surface area contributed by atoms with E-state index in [0.29, 0.717) is 0 Å². The molecule has 0 unspecified atom stereocenters. The van der Waals surface area contributed by atoms with Gasteiger partial charge in [0.25, 0.3) is 0 Å². The fourth-order valence-corrected chi connectivity index (χ4v) is 1.66. The summed E-state index contributed by atoms with van der Waals surface area (Å²) >= 11 is 6.06. The lowest BCUT2D eigenvalue weighted by Crippen LogP contribution is -2.27. The van der Waals surface area contributed by atoms with Gasteiger partial charge in [-0.05, 0) is 37.1 Å². The molecule has 0 heterocycles. The summed E-state index contributed by atoms with van der Waals surface area (Å²) in [6.07, 6.45) is 1.19. The molecule has 0 amide bonds. The van der Waals surface area contributed by atoms with E-state index in [0.717, 1.165) is 36.8 Å². The first-order valence-electron chi connectivity index (χ1n) is 5.90. The number of aryl methyl sites for hydroxylation is 1. The second-order valence-corrected chi connectivity index (χ2v) is 4.42. The largest absolute Gasteiger partial charge is 0.315 e. The molecule has 2 N–H and O–H groups in total. The van der Waals surface area contributed by atoms with Crippen LogP contribution in [0.1, 0.15) is 24.5 Å². The quantitative estimate of drug-likeness (QED) is 0.717. The Morgan fingerprint density at radius 3 is 2.56 bits per heavy atom. The van der Waals surface area contributed by atoms with Crippen LogP contribution in [0, 0.1) is 6.92 Å². The van der Waals surface area contributed by atoms with Gasteiger partial charge in [-0.15, -0.1) is 0 Å². The van der Waals surface area contributed by atoms with E-state index in [2.05, 4.69) is 29.7 Å². The molecule has 0 saturated carbocycles. The lowest BCUT2D eigenvalue weighted by Gasteiger charge is -2.07. The highest BCUT2D eigenvalue weighted by atomic mass is 35.5. The van der Waals surface area contributed by atoms with E-state index in [1.54, 1.807) is 0 Å². The third-order valence-corrected chi connectivity index (χ3v) is 2.88. The molecule has 0 spiro atoms. The minimum atomic E-state index is 0.850. The monoisotopic (exact) mass is 240 g/mol. The molecule has 1 aromatic carbocycles. The average molecular weight is 241 g/mol. The molecule has 3 heteroatoms. The van der Waals surface area contributed by atoms with Gasteiger partial charge in [-0.25, -0.2) is 0 Å². The molecule has 1 rings (SSSR count). The van der Waals surface area contributed by atoms with E-state index < -0.39 is 0 Å². The minimum absolute atomic E-state index is 0.850. The van der Waals surface area contributed by atoms with Crippen molar-refractivity contribution < 1.29 is 0 Å². The van der Waals surface area contributed by atoms with E-state index in [1.807, 2.05) is 13.0 Å². The predicted octanol–water partition coefficient (Wildman–Crippen LogP) is 2.74. The van der Waals surface area contributed by atoms with Crippen LogP contribution < -0.4 is 10.6 Å². The van der Waals surface area contributed by atoms with Gasteiger partial charge < -0.3 is 10.6 Å². The van der Waals surface area contributed by atoms with Gasteiger partial charge in [0.1, 0.15) is 0 Å². The van der Waals surface area contributed by atoms with Crippen LogP contribution in [0.4, 0.5) is 0 Å². The highest BCUT2D eigenvalue weighted by molar-refractivity contribution is 6.31. The second kappa shape index (κ2) is 7.66. The topological polar surface area (TPSA) is 24.1 Å². The number of halogens is 1. The summed E-state index contributed by atoms with van der Waals surface area (Å²) < 4.78 is 0. The van der Waals surface area contributed by atoms with Gasteiger partial charge in [0.15, 0.2) is 0 Å². The Labute approximate surface area is 103 Å². The normalized spacial score (nSPS) is 10.7. The molecule has 90 valence electrons. The number of hydrogen-bond acceptors (Lipinski definition) is 2. The number of nitrogens with one attached hydrogen (secondary N) is 2. The van der Waals surface area contributed by atoms with Gasteiger partial charge in [-0.2, -0.15) is 0 Å². The molecule has 0 radical (unpaired) electrons. The third kappa shape index (κ3) is 4.97. The zero-order valence-electron chi connectivity index (χ0n) is 10.1. The molecule has 16 heavy (non-hydrogen) atoms. The Bertz CT molecular complexity index is 313. The van der Waals surface area contributed by atoms with Crippen molar-refractivity contribution in [3.8, 4) is 0 Å². The van der Waals surface area contributed by atoms with Gasteiger partial charge in [0.2, 0.25) is 0 Å². The van der Waals surface area contributed by atoms with Crippen molar-refractivity contribution in [2.24, 2.45) is 0 Å². The van der Waals surface area contributed by atoms with Gasteiger partial charge in [0, 0.05) is 24.7 Å². The first-order chi connectivity index (χ1) is 7.74. The van der Waals surface area contributed by atoms with E-state index in [4.69, 9.17) is 11.6 Å². The molecule has 0 saturated heterocycles. The number of rotatable bonds is 7. The van der Waals surface area contributed by atoms with Crippen LogP contribution in [0.3, 0.4) is 0 Å². The summed E-state index contributed by atoms with van der Waals surface area (Å²) in [5.74, 6) is 0. The lowest BCUT2D eigenvalue weighted by atomic mass is 10.1. The fourth-order valence-electron chi connectivity index (χ4n) is 1.46. The van der Waals surface area contributed by atoms with Crippen LogP contribution in [0.5, 0.6) is 0 Å². The Hall–Kier alpha value is -0.570. The van der Waals surface area contributed by atoms with Gasteiger partial charge in [0.05, 0.1) is 0 Å². The van der Waals surface area contributed by atoms with Crippen LogP contribution in [0.2, 0.25) is 5.02 Å². The summed E-state index contributed by atoms with van der Waals surface area (Å²) in [4.78, 5) is 0. The van der Waals surface area contributed by atoms with Crippen molar-refractivity contribution in [2.45, 2.75) is 26.8 Å². The summed E-state index contributed by atoms with van der Waals surface area (Å²) in [5, 5.41) is 7.59. The maximum Gasteiger partial charge on any atom is 0.0438 e. The number of benzene rings is 1. The number of hydrogen-bond donors (Lipinski definition) is 2. The third-order valence-electron chi connectivity index (χ3n) is 2.47. The predicted molar refractivity (Wildman–Crippen MR) is 71.1 cm³/mol. The van der Waals surface area contributed by atoms with Crippen molar-refractivity contribution in [1.29, 1.82) is 0 Å². The van der Waals surface area contributed by atoms with Crippen molar-refractivity contribution in [3.05, 3.63) is 34.3 Å². The lowest BCUT2D eigenvalue weighted by molar-refractivity contribution is 0.607. The molecule has 0 bridgehead atoms. The molecule has 0 fully saturated rings. The highest BCUT2D eigenvalue weighted by Gasteiger charge is 1.97. The molecular formula is C13H21ClN2. The molecule has 0 aliphatic carbocycles. The van der Waals surface area contributed by atoms with Crippen LogP contribution in [-0.4, -0.2) is 19.6 Å². The molecule has 0 aromatic heterocycles. The highest BCUT2D eigenvalue weighted by Crippen LogP contribution is 2.16. The first kappa shape index (κ1) is 13.5. The Morgan fingerprint density at radius 1 is 1.12 bits per heavy atom. The van der Waals surface area contributed by atoms with E-state index in [9.17, 15) is 0 Å².